The molecule has 0 aliphatic carbocycles. The van der Waals surface area contributed by atoms with E-state index in [1.165, 1.54) is 6.07 Å². The molecule has 0 saturated heterocycles. The molecule has 2 aromatic rings. The molecule has 0 bridgehead atoms. The van der Waals surface area contributed by atoms with Crippen LogP contribution in [0.3, 0.4) is 0 Å². The summed E-state index contributed by atoms with van der Waals surface area (Å²) in [6.45, 7) is 1.88. The lowest BCUT2D eigenvalue weighted by Crippen LogP contribution is -2.06. The number of aliphatic hydroxyl groups is 1. The van der Waals surface area contributed by atoms with Crippen LogP contribution >= 0.6 is 15.9 Å². The lowest BCUT2D eigenvalue weighted by atomic mass is 9.98. The third-order valence-corrected chi connectivity index (χ3v) is 4.18. The smallest absolute Gasteiger partial charge is 0.387 e. The number of aryl methyl sites for hydroxylation is 1. The molecule has 25 heavy (non-hydrogen) atoms. The van der Waals surface area contributed by atoms with E-state index in [1.807, 2.05) is 25.1 Å². The fourth-order valence-electron chi connectivity index (χ4n) is 2.58. The molecule has 1 atom stereocenters. The third-order valence-electron chi connectivity index (χ3n) is 3.72. The normalized spacial score (nSPS) is 12.4. The Balaban J connectivity index is 2.12. The van der Waals surface area contributed by atoms with Gasteiger partial charge in [-0.15, -0.1) is 0 Å². The highest BCUT2D eigenvalue weighted by Crippen LogP contribution is 2.27. The number of rotatable bonds is 8. The van der Waals surface area contributed by atoms with E-state index in [9.17, 15) is 13.9 Å². The minimum Gasteiger partial charge on any atom is -0.435 e. The summed E-state index contributed by atoms with van der Waals surface area (Å²) in [5.41, 5.74) is 3.20. The van der Waals surface area contributed by atoms with Gasteiger partial charge >= 0.3 is 6.61 Å². The van der Waals surface area contributed by atoms with Gasteiger partial charge in [-0.25, -0.2) is 0 Å². The van der Waals surface area contributed by atoms with Gasteiger partial charge in [-0.3, -0.25) is 0 Å². The van der Waals surface area contributed by atoms with Crippen molar-refractivity contribution < 1.29 is 23.4 Å². The standard InChI is InChI=1S/C19H21BrF2O3/c1-3-24-11-14-7-15(10-16(20)8-14)17(23)9-13-4-5-18(12(2)6-13)25-19(21)22/h4-8,10,17,19,23H,3,9,11H2,1-2H3. The molecule has 0 amide bonds. The van der Waals surface area contributed by atoms with Gasteiger partial charge in [0.1, 0.15) is 5.75 Å². The second kappa shape index (κ2) is 9.27. The van der Waals surface area contributed by atoms with Crippen LogP contribution in [0.15, 0.2) is 40.9 Å². The lowest BCUT2D eigenvalue weighted by Gasteiger charge is -2.15. The maximum atomic E-state index is 12.3. The maximum Gasteiger partial charge on any atom is 0.387 e. The Morgan fingerprint density at radius 2 is 1.88 bits per heavy atom. The monoisotopic (exact) mass is 414 g/mol. The summed E-state index contributed by atoms with van der Waals surface area (Å²) in [6.07, 6.45) is -0.334. The first-order chi connectivity index (χ1) is 11.9. The van der Waals surface area contributed by atoms with Crippen molar-refractivity contribution in [2.45, 2.75) is 39.6 Å². The molecular formula is C19H21BrF2O3. The molecule has 6 heteroatoms. The number of hydrogen-bond acceptors (Lipinski definition) is 3. The Bertz CT molecular complexity index is 707. The summed E-state index contributed by atoms with van der Waals surface area (Å²) in [7, 11) is 0. The summed E-state index contributed by atoms with van der Waals surface area (Å²) in [4.78, 5) is 0. The summed E-state index contributed by atoms with van der Waals surface area (Å²) < 4.78 is 35.4. The highest BCUT2D eigenvalue weighted by molar-refractivity contribution is 9.10. The molecule has 0 fully saturated rings. The van der Waals surface area contributed by atoms with Crippen LogP contribution in [0.4, 0.5) is 8.78 Å². The number of aliphatic hydroxyl groups excluding tert-OH is 1. The first-order valence-corrected chi connectivity index (χ1v) is 8.78. The predicted molar refractivity (Wildman–Crippen MR) is 95.9 cm³/mol. The molecule has 3 nitrogen and oxygen atoms in total. The van der Waals surface area contributed by atoms with Gasteiger partial charge < -0.3 is 14.6 Å². The van der Waals surface area contributed by atoms with Crippen molar-refractivity contribution in [1.29, 1.82) is 0 Å². The van der Waals surface area contributed by atoms with Crippen molar-refractivity contribution in [3.63, 3.8) is 0 Å². The molecule has 0 spiro atoms. The van der Waals surface area contributed by atoms with Crippen LogP contribution in [-0.4, -0.2) is 18.3 Å². The van der Waals surface area contributed by atoms with Crippen LogP contribution in [0, 0.1) is 6.92 Å². The molecule has 2 rings (SSSR count). The van der Waals surface area contributed by atoms with Crippen molar-refractivity contribution in [1.82, 2.24) is 0 Å². The summed E-state index contributed by atoms with van der Waals surface area (Å²) >= 11 is 3.45. The minimum atomic E-state index is -2.85. The number of ether oxygens (including phenoxy) is 2. The zero-order chi connectivity index (χ0) is 18.4. The first kappa shape index (κ1) is 19.8. The molecular weight excluding hydrogens is 394 g/mol. The van der Waals surface area contributed by atoms with Gasteiger partial charge in [0.15, 0.2) is 0 Å². The zero-order valence-corrected chi connectivity index (χ0v) is 15.7. The summed E-state index contributed by atoms with van der Waals surface area (Å²) in [5.74, 6) is 0.148. The Hall–Kier alpha value is -1.50. The quantitative estimate of drug-likeness (QED) is 0.647. The van der Waals surface area contributed by atoms with Crippen molar-refractivity contribution in [3.8, 4) is 5.75 Å². The van der Waals surface area contributed by atoms with Crippen LogP contribution in [0.5, 0.6) is 5.75 Å². The van der Waals surface area contributed by atoms with Crippen LogP contribution in [0.2, 0.25) is 0 Å². The molecule has 2 aromatic carbocycles. The van der Waals surface area contributed by atoms with Crippen LogP contribution in [0.25, 0.3) is 0 Å². The molecule has 0 heterocycles. The van der Waals surface area contributed by atoms with Gasteiger partial charge in [0.25, 0.3) is 0 Å². The Morgan fingerprint density at radius 3 is 2.52 bits per heavy atom. The van der Waals surface area contributed by atoms with Crippen LogP contribution in [-0.2, 0) is 17.8 Å². The van der Waals surface area contributed by atoms with E-state index in [0.29, 0.717) is 25.2 Å². The van der Waals surface area contributed by atoms with Crippen molar-refractivity contribution in [2.75, 3.05) is 6.61 Å². The molecule has 0 saturated carbocycles. The second-order valence-corrected chi connectivity index (χ2v) is 6.64. The van der Waals surface area contributed by atoms with E-state index in [0.717, 1.165) is 21.2 Å². The van der Waals surface area contributed by atoms with E-state index in [2.05, 4.69) is 20.7 Å². The number of benzene rings is 2. The van der Waals surface area contributed by atoms with Crippen molar-refractivity contribution >= 4 is 15.9 Å². The largest absolute Gasteiger partial charge is 0.435 e. The van der Waals surface area contributed by atoms with E-state index >= 15 is 0 Å². The molecule has 136 valence electrons. The van der Waals surface area contributed by atoms with Crippen molar-refractivity contribution in [2.24, 2.45) is 0 Å². The van der Waals surface area contributed by atoms with Crippen LogP contribution in [0.1, 0.15) is 35.3 Å². The van der Waals surface area contributed by atoms with Gasteiger partial charge in [0.05, 0.1) is 12.7 Å². The van der Waals surface area contributed by atoms with Crippen LogP contribution < -0.4 is 4.74 Å². The Labute approximate surface area is 154 Å². The van der Waals surface area contributed by atoms with Gasteiger partial charge in [-0.1, -0.05) is 34.1 Å². The zero-order valence-electron chi connectivity index (χ0n) is 14.1. The Kier molecular flexibility index (Phi) is 7.35. The molecule has 0 aliphatic rings. The topological polar surface area (TPSA) is 38.7 Å². The minimum absolute atomic E-state index is 0.148. The third kappa shape index (κ3) is 6.06. The second-order valence-electron chi connectivity index (χ2n) is 5.73. The Morgan fingerprint density at radius 1 is 1.12 bits per heavy atom. The first-order valence-electron chi connectivity index (χ1n) is 7.98. The highest BCUT2D eigenvalue weighted by atomic mass is 79.9. The number of halogens is 3. The van der Waals surface area contributed by atoms with E-state index in [1.54, 1.807) is 19.1 Å². The fraction of sp³-hybridized carbons (Fsp3) is 0.368. The predicted octanol–water partition coefficient (Wildman–Crippen LogP) is 5.17. The molecule has 1 unspecified atom stereocenters. The van der Waals surface area contributed by atoms with E-state index in [4.69, 9.17) is 4.74 Å². The fourth-order valence-corrected chi connectivity index (χ4v) is 3.14. The number of hydrogen-bond donors (Lipinski definition) is 1. The molecule has 1 N–H and O–H groups in total. The number of alkyl halides is 2. The average Bonchev–Trinajstić information content (AvgIpc) is 2.54. The average molecular weight is 415 g/mol. The SMILES string of the molecule is CCOCc1cc(Br)cc(C(O)Cc2ccc(OC(F)F)c(C)c2)c1. The van der Waals surface area contributed by atoms with Gasteiger partial charge in [-0.2, -0.15) is 8.78 Å². The van der Waals surface area contributed by atoms with Gasteiger partial charge in [0, 0.05) is 17.5 Å². The maximum absolute atomic E-state index is 12.3. The highest BCUT2D eigenvalue weighted by Gasteiger charge is 2.13. The summed E-state index contributed by atoms with van der Waals surface area (Å²) in [6, 6.07) is 10.7. The lowest BCUT2D eigenvalue weighted by molar-refractivity contribution is -0.0503. The molecule has 0 aromatic heterocycles. The van der Waals surface area contributed by atoms with Gasteiger partial charge in [0.2, 0.25) is 0 Å². The van der Waals surface area contributed by atoms with Crippen molar-refractivity contribution in [3.05, 3.63) is 63.1 Å². The van der Waals surface area contributed by atoms with E-state index < -0.39 is 12.7 Å². The van der Waals surface area contributed by atoms with E-state index in [-0.39, 0.29) is 5.75 Å². The summed E-state index contributed by atoms with van der Waals surface area (Å²) in [5, 5.41) is 10.5. The molecule has 0 aliphatic heterocycles. The van der Waals surface area contributed by atoms with Gasteiger partial charge in [-0.05, 0) is 54.3 Å². The molecule has 0 radical (unpaired) electrons.